The number of carbonyl (C=O) groups excluding carboxylic acids is 2. The van der Waals surface area contributed by atoms with Crippen LogP contribution in [0, 0.1) is 0 Å². The maximum atomic E-state index is 12.4. The van der Waals surface area contributed by atoms with E-state index in [-0.39, 0.29) is 24.8 Å². The van der Waals surface area contributed by atoms with Gasteiger partial charge >= 0.3 is 12.2 Å². The van der Waals surface area contributed by atoms with Gasteiger partial charge < -0.3 is 19.3 Å². The van der Waals surface area contributed by atoms with Crippen molar-refractivity contribution in [2.24, 2.45) is 0 Å². The smallest absolute Gasteiger partial charge is 0.410 e. The highest BCUT2D eigenvalue weighted by Gasteiger charge is 2.31. The third-order valence-electron chi connectivity index (χ3n) is 4.34. The van der Waals surface area contributed by atoms with Crippen LogP contribution < -0.4 is 0 Å². The highest BCUT2D eigenvalue weighted by molar-refractivity contribution is 5.69. The van der Waals surface area contributed by atoms with Gasteiger partial charge in [0, 0.05) is 25.7 Å². The van der Waals surface area contributed by atoms with E-state index in [0.717, 1.165) is 18.4 Å². The second-order valence-corrected chi connectivity index (χ2v) is 7.52. The summed E-state index contributed by atoms with van der Waals surface area (Å²) in [5.41, 5.74) is 0.474. The topological polar surface area (TPSA) is 59.1 Å². The lowest BCUT2D eigenvalue weighted by molar-refractivity contribution is 0.0138. The summed E-state index contributed by atoms with van der Waals surface area (Å²) < 4.78 is 10.9. The minimum Gasteiger partial charge on any atom is -0.445 e. The van der Waals surface area contributed by atoms with Crippen LogP contribution in [-0.2, 0) is 16.1 Å². The van der Waals surface area contributed by atoms with Crippen molar-refractivity contribution in [1.29, 1.82) is 0 Å². The Kier molecular flexibility index (Phi) is 6.89. The Bertz CT molecular complexity index is 590. The molecule has 1 aromatic rings. The highest BCUT2D eigenvalue weighted by Crippen LogP contribution is 2.20. The summed E-state index contributed by atoms with van der Waals surface area (Å²) in [5.74, 6) is 0. The Balaban J connectivity index is 1.83. The highest BCUT2D eigenvalue weighted by atomic mass is 16.6. The fraction of sp³-hybridized carbons (Fsp3) is 0.600. The normalized spacial score (nSPS) is 15.5. The molecule has 0 N–H and O–H groups in total. The van der Waals surface area contributed by atoms with Crippen LogP contribution in [-0.4, -0.2) is 53.3 Å². The maximum Gasteiger partial charge on any atom is 0.410 e. The molecule has 1 aliphatic heterocycles. The predicted molar refractivity (Wildman–Crippen MR) is 99.8 cm³/mol. The number of nitrogens with zero attached hydrogens (tertiary/aromatic N) is 2. The zero-order chi connectivity index (χ0) is 19.2. The number of ether oxygens (including phenoxy) is 2. The van der Waals surface area contributed by atoms with Gasteiger partial charge in [-0.2, -0.15) is 0 Å². The molecule has 0 aromatic heterocycles. The van der Waals surface area contributed by atoms with Crippen molar-refractivity contribution in [3.05, 3.63) is 35.9 Å². The number of carbonyl (C=O) groups is 2. The number of amides is 2. The Morgan fingerprint density at radius 2 is 1.77 bits per heavy atom. The molecule has 2 rings (SSSR count). The molecule has 1 aromatic carbocycles. The molecule has 0 spiro atoms. The maximum absolute atomic E-state index is 12.4. The Hall–Kier alpha value is -2.24. The van der Waals surface area contributed by atoms with E-state index >= 15 is 0 Å². The van der Waals surface area contributed by atoms with Crippen LogP contribution >= 0.6 is 0 Å². The van der Waals surface area contributed by atoms with Crippen LogP contribution in [0.1, 0.15) is 46.1 Å². The molecule has 2 amide bonds. The van der Waals surface area contributed by atoms with E-state index in [1.807, 2.05) is 58.0 Å². The summed E-state index contributed by atoms with van der Waals surface area (Å²) in [5, 5.41) is 0. The lowest BCUT2D eigenvalue weighted by Gasteiger charge is -2.37. The van der Waals surface area contributed by atoms with Gasteiger partial charge in [0.2, 0.25) is 0 Å². The second-order valence-electron chi connectivity index (χ2n) is 7.52. The van der Waals surface area contributed by atoms with Crippen molar-refractivity contribution in [3.63, 3.8) is 0 Å². The number of rotatable bonds is 4. The summed E-state index contributed by atoms with van der Waals surface area (Å²) in [6.45, 7) is 9.56. The Morgan fingerprint density at radius 1 is 1.15 bits per heavy atom. The summed E-state index contributed by atoms with van der Waals surface area (Å²) >= 11 is 0. The fourth-order valence-corrected chi connectivity index (χ4v) is 3.03. The van der Waals surface area contributed by atoms with Crippen LogP contribution in [0.5, 0.6) is 0 Å². The molecule has 0 unspecified atom stereocenters. The van der Waals surface area contributed by atoms with Crippen molar-refractivity contribution >= 4 is 12.2 Å². The summed E-state index contributed by atoms with van der Waals surface area (Å²) in [6, 6.07) is 9.73. The quantitative estimate of drug-likeness (QED) is 0.811. The standard InChI is InChI=1S/C20H30N2O4/c1-5-22(19(24)25-15-16-9-7-6-8-10-16)17-11-13-21(14-12-17)18(23)26-20(2,3)4/h6-10,17H,5,11-15H2,1-4H3. The molecule has 0 bridgehead atoms. The van der Waals surface area contributed by atoms with E-state index < -0.39 is 5.60 Å². The van der Waals surface area contributed by atoms with Crippen LogP contribution in [0.25, 0.3) is 0 Å². The fourth-order valence-electron chi connectivity index (χ4n) is 3.03. The predicted octanol–water partition coefficient (Wildman–Crippen LogP) is 4.04. The summed E-state index contributed by atoms with van der Waals surface area (Å²) in [6.07, 6.45) is 0.874. The molecule has 26 heavy (non-hydrogen) atoms. The lowest BCUT2D eigenvalue weighted by atomic mass is 10.0. The number of benzene rings is 1. The first-order valence-corrected chi connectivity index (χ1v) is 9.25. The van der Waals surface area contributed by atoms with Crippen molar-refractivity contribution in [1.82, 2.24) is 9.80 Å². The van der Waals surface area contributed by atoms with Gasteiger partial charge in [0.15, 0.2) is 0 Å². The third-order valence-corrected chi connectivity index (χ3v) is 4.34. The van der Waals surface area contributed by atoms with Crippen molar-refractivity contribution in [2.75, 3.05) is 19.6 Å². The molecular weight excluding hydrogens is 332 g/mol. The first-order valence-electron chi connectivity index (χ1n) is 9.25. The second kappa shape index (κ2) is 8.92. The summed E-state index contributed by atoms with van der Waals surface area (Å²) in [7, 11) is 0. The van der Waals surface area contributed by atoms with Crippen LogP contribution in [0.3, 0.4) is 0 Å². The molecule has 1 saturated heterocycles. The van der Waals surface area contributed by atoms with Crippen LogP contribution in [0.15, 0.2) is 30.3 Å². The Labute approximate surface area is 156 Å². The molecular formula is C20H30N2O4. The minimum absolute atomic E-state index is 0.0851. The SMILES string of the molecule is CCN(C(=O)OCc1ccccc1)C1CCN(C(=O)OC(C)(C)C)CC1. The minimum atomic E-state index is -0.495. The number of likely N-dealkylation sites (tertiary alicyclic amines) is 1. The van der Waals surface area contributed by atoms with Crippen LogP contribution in [0.2, 0.25) is 0 Å². The molecule has 0 aliphatic carbocycles. The van der Waals surface area contributed by atoms with Gasteiger partial charge in [0.25, 0.3) is 0 Å². The average molecular weight is 362 g/mol. The van der Waals surface area contributed by atoms with E-state index in [0.29, 0.717) is 19.6 Å². The molecule has 1 fully saturated rings. The molecule has 0 saturated carbocycles. The molecule has 0 radical (unpaired) electrons. The van der Waals surface area contributed by atoms with E-state index in [1.54, 1.807) is 9.80 Å². The van der Waals surface area contributed by atoms with E-state index in [1.165, 1.54) is 0 Å². The van der Waals surface area contributed by atoms with Gasteiger partial charge in [0.1, 0.15) is 12.2 Å². The molecule has 144 valence electrons. The molecule has 6 nitrogen and oxygen atoms in total. The number of hydrogen-bond donors (Lipinski definition) is 0. The third kappa shape index (κ3) is 5.93. The first kappa shape index (κ1) is 20.1. The van der Waals surface area contributed by atoms with E-state index in [2.05, 4.69) is 0 Å². The van der Waals surface area contributed by atoms with Gasteiger partial charge in [-0.25, -0.2) is 9.59 Å². The first-order chi connectivity index (χ1) is 12.3. The number of hydrogen-bond acceptors (Lipinski definition) is 4. The van der Waals surface area contributed by atoms with Gasteiger partial charge in [-0.1, -0.05) is 30.3 Å². The monoisotopic (exact) mass is 362 g/mol. The Morgan fingerprint density at radius 3 is 2.31 bits per heavy atom. The zero-order valence-electron chi connectivity index (χ0n) is 16.2. The largest absolute Gasteiger partial charge is 0.445 e. The van der Waals surface area contributed by atoms with Gasteiger partial charge in [0.05, 0.1) is 0 Å². The van der Waals surface area contributed by atoms with E-state index in [4.69, 9.17) is 9.47 Å². The lowest BCUT2D eigenvalue weighted by Crippen LogP contribution is -2.49. The molecule has 1 heterocycles. The van der Waals surface area contributed by atoms with Crippen molar-refractivity contribution in [3.8, 4) is 0 Å². The van der Waals surface area contributed by atoms with Gasteiger partial charge in [-0.15, -0.1) is 0 Å². The molecule has 0 atom stereocenters. The van der Waals surface area contributed by atoms with Gasteiger partial charge in [-0.3, -0.25) is 0 Å². The summed E-state index contributed by atoms with van der Waals surface area (Å²) in [4.78, 5) is 28.1. The number of piperidine rings is 1. The van der Waals surface area contributed by atoms with Crippen molar-refractivity contribution < 1.29 is 19.1 Å². The van der Waals surface area contributed by atoms with Gasteiger partial charge in [-0.05, 0) is 46.1 Å². The molecule has 1 aliphatic rings. The van der Waals surface area contributed by atoms with Crippen molar-refractivity contribution in [2.45, 2.75) is 58.8 Å². The molecule has 6 heteroatoms. The zero-order valence-corrected chi connectivity index (χ0v) is 16.2. The van der Waals surface area contributed by atoms with Crippen LogP contribution in [0.4, 0.5) is 9.59 Å². The van der Waals surface area contributed by atoms with E-state index in [9.17, 15) is 9.59 Å². The average Bonchev–Trinajstić information content (AvgIpc) is 2.60.